The minimum Gasteiger partial charge on any atom is -0.395 e. The molecule has 0 spiro atoms. The van der Waals surface area contributed by atoms with Crippen LogP contribution in [-0.4, -0.2) is 58.2 Å². The first kappa shape index (κ1) is 24.4. The van der Waals surface area contributed by atoms with Crippen LogP contribution in [-0.2, 0) is 11.2 Å². The van der Waals surface area contributed by atoms with Gasteiger partial charge in [-0.05, 0) is 91.6 Å². The highest BCUT2D eigenvalue weighted by atomic mass is 16.3. The van der Waals surface area contributed by atoms with Crippen molar-refractivity contribution in [2.45, 2.75) is 70.8 Å². The van der Waals surface area contributed by atoms with Crippen LogP contribution in [0.1, 0.15) is 75.2 Å². The predicted octanol–water partition coefficient (Wildman–Crippen LogP) is 4.39. The van der Waals surface area contributed by atoms with Gasteiger partial charge in [-0.15, -0.1) is 0 Å². The number of rotatable bonds is 7. The molecule has 0 radical (unpaired) electrons. The Bertz CT molecular complexity index is 1020. The summed E-state index contributed by atoms with van der Waals surface area (Å²) >= 11 is 0. The lowest BCUT2D eigenvalue weighted by Crippen LogP contribution is -2.49. The zero-order chi connectivity index (χ0) is 24.5. The summed E-state index contributed by atoms with van der Waals surface area (Å²) in [4.78, 5) is 26.2. The molecule has 2 aromatic rings. The zero-order valence-corrected chi connectivity index (χ0v) is 21.4. The topological polar surface area (TPSA) is 69.6 Å². The van der Waals surface area contributed by atoms with Crippen LogP contribution in [0, 0.1) is 17.8 Å². The number of hydrogen-bond donors (Lipinski definition) is 1. The molecule has 5 rings (SSSR count). The van der Waals surface area contributed by atoms with E-state index in [4.69, 9.17) is 0 Å². The van der Waals surface area contributed by atoms with E-state index in [0.717, 1.165) is 56.8 Å². The number of likely N-dealkylation sites (tertiary alicyclic amines) is 1. The van der Waals surface area contributed by atoms with E-state index in [9.17, 15) is 9.90 Å². The molecule has 0 bridgehead atoms. The highest BCUT2D eigenvalue weighted by molar-refractivity contribution is 5.94. The second kappa shape index (κ2) is 10.4. The number of benzene rings is 1. The molecular weight excluding hydrogens is 436 g/mol. The molecule has 1 aromatic carbocycles. The maximum Gasteiger partial charge on any atom is 0.224 e. The Hall–Kier alpha value is -2.31. The maximum atomic E-state index is 12.8. The van der Waals surface area contributed by atoms with Crippen LogP contribution < -0.4 is 4.90 Å². The molecular formula is C29H40N4O2. The Balaban J connectivity index is 1.44. The van der Waals surface area contributed by atoms with E-state index in [1.165, 1.54) is 17.5 Å². The average Bonchev–Trinajstić information content (AvgIpc) is 3.62. The number of hydrogen-bond acceptors (Lipinski definition) is 5. The molecule has 1 saturated heterocycles. The molecule has 1 N–H and O–H groups in total. The van der Waals surface area contributed by atoms with Crippen molar-refractivity contribution in [1.82, 2.24) is 14.9 Å². The van der Waals surface area contributed by atoms with Gasteiger partial charge in [-0.2, -0.15) is 0 Å². The number of aliphatic hydroxyl groups is 1. The third kappa shape index (κ3) is 4.88. The molecule has 1 saturated carbocycles. The molecule has 1 aromatic heterocycles. The molecule has 2 aliphatic heterocycles. The number of piperidine rings is 1. The second-order valence-corrected chi connectivity index (χ2v) is 10.9. The van der Waals surface area contributed by atoms with Gasteiger partial charge in [-0.1, -0.05) is 26.0 Å². The van der Waals surface area contributed by atoms with Crippen LogP contribution in [0.2, 0.25) is 0 Å². The van der Waals surface area contributed by atoms with Gasteiger partial charge >= 0.3 is 0 Å². The number of carbonyl (C=O) groups excluding carboxylic acids is 1. The Labute approximate surface area is 209 Å². The summed E-state index contributed by atoms with van der Waals surface area (Å²) < 4.78 is 0. The van der Waals surface area contributed by atoms with Gasteiger partial charge in [0.25, 0.3) is 0 Å². The monoisotopic (exact) mass is 476 g/mol. The van der Waals surface area contributed by atoms with E-state index in [2.05, 4.69) is 51.8 Å². The van der Waals surface area contributed by atoms with Crippen molar-refractivity contribution < 1.29 is 9.90 Å². The number of nitrogens with zero attached hydrogens (tertiary/aromatic N) is 4. The Kier molecular flexibility index (Phi) is 7.21. The van der Waals surface area contributed by atoms with Gasteiger partial charge in [-0.3, -0.25) is 4.79 Å². The first-order chi connectivity index (χ1) is 17.0. The summed E-state index contributed by atoms with van der Waals surface area (Å²) in [6.07, 6.45) is 9.07. The van der Waals surface area contributed by atoms with Gasteiger partial charge in [0.2, 0.25) is 5.91 Å². The van der Waals surface area contributed by atoms with E-state index in [1.807, 2.05) is 18.5 Å². The molecule has 3 heterocycles. The van der Waals surface area contributed by atoms with Crippen LogP contribution in [0.15, 0.2) is 36.7 Å². The lowest BCUT2D eigenvalue weighted by atomic mass is 9.72. The minimum atomic E-state index is 0.151. The van der Waals surface area contributed by atoms with Gasteiger partial charge in [0.1, 0.15) is 5.82 Å². The van der Waals surface area contributed by atoms with Crippen molar-refractivity contribution in [2.75, 3.05) is 31.1 Å². The second-order valence-electron chi connectivity index (χ2n) is 10.9. The fraction of sp³-hybridized carbons (Fsp3) is 0.621. The molecule has 1 amide bonds. The van der Waals surface area contributed by atoms with Crippen molar-refractivity contribution in [3.05, 3.63) is 53.6 Å². The summed E-state index contributed by atoms with van der Waals surface area (Å²) in [5.74, 6) is 3.77. The van der Waals surface area contributed by atoms with Crippen LogP contribution in [0.3, 0.4) is 0 Å². The molecule has 3 aliphatic rings. The summed E-state index contributed by atoms with van der Waals surface area (Å²) in [7, 11) is 0. The quantitative estimate of drug-likeness (QED) is 0.642. The molecule has 5 atom stereocenters. The molecule has 1 aliphatic carbocycles. The largest absolute Gasteiger partial charge is 0.395 e. The van der Waals surface area contributed by atoms with Gasteiger partial charge in [0, 0.05) is 44.0 Å². The first-order valence-corrected chi connectivity index (χ1v) is 13.5. The maximum absolute atomic E-state index is 12.8. The standard InChI is InChI=1S/C29H40N4O2/c1-4-26-19(2)29(24-17-23(24)18-28-30-10-5-11-31-28)25-16-22(6-7-27(25)33(26)20(3)35)21-8-12-32(13-9-21)14-15-34/h5-7,10-11,16,19,21,23-24,26,29,34H,4,8-9,12-15,17-18H2,1-3H3. The molecule has 35 heavy (non-hydrogen) atoms. The van der Waals surface area contributed by atoms with Gasteiger partial charge in [0.15, 0.2) is 0 Å². The van der Waals surface area contributed by atoms with Crippen molar-refractivity contribution in [3.8, 4) is 0 Å². The van der Waals surface area contributed by atoms with E-state index in [0.29, 0.717) is 29.6 Å². The van der Waals surface area contributed by atoms with Gasteiger partial charge < -0.3 is 14.9 Å². The number of aromatic nitrogens is 2. The number of carbonyl (C=O) groups is 1. The molecule has 5 unspecified atom stereocenters. The van der Waals surface area contributed by atoms with Crippen LogP contribution in [0.25, 0.3) is 0 Å². The predicted molar refractivity (Wildman–Crippen MR) is 138 cm³/mol. The highest BCUT2D eigenvalue weighted by Gasteiger charge is 2.51. The normalized spacial score (nSPS) is 29.1. The fourth-order valence-corrected chi connectivity index (χ4v) is 7.07. The third-order valence-corrected chi connectivity index (χ3v) is 8.91. The Morgan fingerprint density at radius 2 is 1.91 bits per heavy atom. The Morgan fingerprint density at radius 3 is 2.57 bits per heavy atom. The van der Waals surface area contributed by atoms with Crippen LogP contribution in [0.5, 0.6) is 0 Å². The van der Waals surface area contributed by atoms with Crippen molar-refractivity contribution in [1.29, 1.82) is 0 Å². The summed E-state index contributed by atoms with van der Waals surface area (Å²) in [5.41, 5.74) is 3.94. The summed E-state index contributed by atoms with van der Waals surface area (Å²) in [5, 5.41) is 9.29. The molecule has 188 valence electrons. The number of aliphatic hydroxyl groups excluding tert-OH is 1. The van der Waals surface area contributed by atoms with E-state index >= 15 is 0 Å². The lowest BCUT2D eigenvalue weighted by Gasteiger charge is -2.46. The number of fused-ring (bicyclic) bond motifs is 1. The van der Waals surface area contributed by atoms with Crippen molar-refractivity contribution >= 4 is 11.6 Å². The third-order valence-electron chi connectivity index (χ3n) is 8.91. The summed E-state index contributed by atoms with van der Waals surface area (Å²) in [6.45, 7) is 9.40. The smallest absolute Gasteiger partial charge is 0.224 e. The zero-order valence-electron chi connectivity index (χ0n) is 21.4. The fourth-order valence-electron chi connectivity index (χ4n) is 7.07. The lowest BCUT2D eigenvalue weighted by molar-refractivity contribution is -0.117. The summed E-state index contributed by atoms with van der Waals surface area (Å²) in [6, 6.07) is 9.10. The molecule has 2 fully saturated rings. The highest BCUT2D eigenvalue weighted by Crippen LogP contribution is 2.58. The molecule has 6 nitrogen and oxygen atoms in total. The first-order valence-electron chi connectivity index (χ1n) is 13.5. The van der Waals surface area contributed by atoms with Gasteiger partial charge in [0.05, 0.1) is 6.61 Å². The SMILES string of the molecule is CCC1C(C)C(C2CC2Cc2ncccn2)c2cc(C3CCN(CCO)CC3)ccc2N1C(C)=O. The Morgan fingerprint density at radius 1 is 1.17 bits per heavy atom. The van der Waals surface area contributed by atoms with Crippen molar-refractivity contribution in [2.24, 2.45) is 17.8 Å². The van der Waals surface area contributed by atoms with E-state index in [-0.39, 0.29) is 18.6 Å². The van der Waals surface area contributed by atoms with E-state index in [1.54, 1.807) is 6.92 Å². The van der Waals surface area contributed by atoms with Gasteiger partial charge in [-0.25, -0.2) is 9.97 Å². The van der Waals surface area contributed by atoms with Crippen LogP contribution >= 0.6 is 0 Å². The number of β-amino-alcohol motifs (C(OH)–C–C–N with tert-alkyl or cyclic N) is 1. The van der Waals surface area contributed by atoms with E-state index < -0.39 is 0 Å². The van der Waals surface area contributed by atoms with Crippen molar-refractivity contribution in [3.63, 3.8) is 0 Å². The minimum absolute atomic E-state index is 0.151. The van der Waals surface area contributed by atoms with Crippen LogP contribution in [0.4, 0.5) is 5.69 Å². The average molecular weight is 477 g/mol. The number of amides is 1. The number of anilines is 1. The molecule has 6 heteroatoms.